The van der Waals surface area contributed by atoms with E-state index in [-0.39, 0.29) is 12.0 Å². The fourth-order valence-electron chi connectivity index (χ4n) is 2.53. The number of anilines is 1. The summed E-state index contributed by atoms with van der Waals surface area (Å²) in [5, 5.41) is 0. The number of hydrogen-bond acceptors (Lipinski definition) is 3. The van der Waals surface area contributed by atoms with E-state index in [0.717, 1.165) is 29.8 Å². The fraction of sp³-hybridized carbons (Fsp3) is 0.588. The highest BCUT2D eigenvalue weighted by molar-refractivity contribution is 5.95. The van der Waals surface area contributed by atoms with Crippen LogP contribution in [0.25, 0.3) is 0 Å². The zero-order valence-corrected chi connectivity index (χ0v) is 13.3. The van der Waals surface area contributed by atoms with Gasteiger partial charge < -0.3 is 15.4 Å². The van der Waals surface area contributed by atoms with Crippen molar-refractivity contribution in [2.75, 3.05) is 11.4 Å². The highest BCUT2D eigenvalue weighted by atomic mass is 16.5. The largest absolute Gasteiger partial charge is 0.486 e. The maximum absolute atomic E-state index is 12.5. The SMILES string of the molecule is CCCCC(=O)N1CC(C(C)C)Oc2cc(CN)ccc21. The number of nitrogens with zero attached hydrogens (tertiary/aromatic N) is 1. The summed E-state index contributed by atoms with van der Waals surface area (Å²) in [6, 6.07) is 5.89. The smallest absolute Gasteiger partial charge is 0.227 e. The molecule has 0 aromatic heterocycles. The van der Waals surface area contributed by atoms with Crippen LogP contribution >= 0.6 is 0 Å². The molecule has 0 bridgehead atoms. The van der Waals surface area contributed by atoms with Gasteiger partial charge >= 0.3 is 0 Å². The van der Waals surface area contributed by atoms with Gasteiger partial charge in [0.1, 0.15) is 11.9 Å². The Hall–Kier alpha value is -1.55. The van der Waals surface area contributed by atoms with Gasteiger partial charge in [-0.2, -0.15) is 0 Å². The van der Waals surface area contributed by atoms with Crippen LogP contribution in [0.3, 0.4) is 0 Å². The molecule has 1 aromatic carbocycles. The second kappa shape index (κ2) is 6.94. The van der Waals surface area contributed by atoms with Crippen LogP contribution in [-0.4, -0.2) is 18.6 Å². The minimum Gasteiger partial charge on any atom is -0.486 e. The van der Waals surface area contributed by atoms with Crippen molar-refractivity contribution in [3.05, 3.63) is 23.8 Å². The highest BCUT2D eigenvalue weighted by Crippen LogP contribution is 2.36. The minimum atomic E-state index is 0.0381. The Morgan fingerprint density at radius 1 is 1.48 bits per heavy atom. The van der Waals surface area contributed by atoms with Gasteiger partial charge in [-0.05, 0) is 30.0 Å². The second-order valence-corrected chi connectivity index (χ2v) is 6.01. The number of hydrogen-bond donors (Lipinski definition) is 1. The number of amides is 1. The summed E-state index contributed by atoms with van der Waals surface area (Å²) >= 11 is 0. The van der Waals surface area contributed by atoms with Crippen LogP contribution in [0.4, 0.5) is 5.69 Å². The van der Waals surface area contributed by atoms with Gasteiger partial charge in [0.25, 0.3) is 0 Å². The number of ether oxygens (including phenoxy) is 1. The number of nitrogens with two attached hydrogens (primary N) is 1. The molecule has 0 aliphatic carbocycles. The quantitative estimate of drug-likeness (QED) is 0.906. The summed E-state index contributed by atoms with van der Waals surface area (Å²) in [5.74, 6) is 1.33. The average Bonchev–Trinajstić information content (AvgIpc) is 2.50. The maximum atomic E-state index is 12.5. The van der Waals surface area contributed by atoms with Crippen molar-refractivity contribution in [1.29, 1.82) is 0 Å². The third kappa shape index (κ3) is 3.56. The summed E-state index contributed by atoms with van der Waals surface area (Å²) < 4.78 is 6.07. The Balaban J connectivity index is 2.30. The summed E-state index contributed by atoms with van der Waals surface area (Å²) in [4.78, 5) is 14.4. The topological polar surface area (TPSA) is 55.6 Å². The molecule has 1 aliphatic heterocycles. The minimum absolute atomic E-state index is 0.0381. The van der Waals surface area contributed by atoms with Gasteiger partial charge in [-0.1, -0.05) is 33.3 Å². The van der Waals surface area contributed by atoms with Gasteiger partial charge in [0.15, 0.2) is 0 Å². The Morgan fingerprint density at radius 2 is 2.24 bits per heavy atom. The normalized spacial score (nSPS) is 17.6. The van der Waals surface area contributed by atoms with Crippen LogP contribution in [0, 0.1) is 5.92 Å². The van der Waals surface area contributed by atoms with E-state index in [1.54, 1.807) is 0 Å². The van der Waals surface area contributed by atoms with Crippen molar-refractivity contribution < 1.29 is 9.53 Å². The van der Waals surface area contributed by atoms with Gasteiger partial charge in [0.2, 0.25) is 5.91 Å². The molecule has 0 fully saturated rings. The molecule has 2 N–H and O–H groups in total. The average molecular weight is 290 g/mol. The zero-order chi connectivity index (χ0) is 15.4. The van der Waals surface area contributed by atoms with Crippen LogP contribution in [0.1, 0.15) is 45.6 Å². The van der Waals surface area contributed by atoms with Crippen molar-refractivity contribution in [3.63, 3.8) is 0 Å². The lowest BCUT2D eigenvalue weighted by atomic mass is 10.0. The van der Waals surface area contributed by atoms with Crippen LogP contribution < -0.4 is 15.4 Å². The molecule has 0 saturated heterocycles. The molecule has 0 saturated carbocycles. The molecule has 4 heteroatoms. The second-order valence-electron chi connectivity index (χ2n) is 6.01. The first-order valence-corrected chi connectivity index (χ1v) is 7.86. The Bertz CT molecular complexity index is 500. The number of fused-ring (bicyclic) bond motifs is 1. The van der Waals surface area contributed by atoms with Crippen molar-refractivity contribution in [1.82, 2.24) is 0 Å². The molecular weight excluding hydrogens is 264 g/mol. The first-order valence-electron chi connectivity index (χ1n) is 7.86. The molecule has 116 valence electrons. The van der Waals surface area contributed by atoms with Gasteiger partial charge in [0.05, 0.1) is 12.2 Å². The number of carbonyl (C=O) groups is 1. The molecule has 1 amide bonds. The van der Waals surface area contributed by atoms with Crippen LogP contribution in [-0.2, 0) is 11.3 Å². The number of benzene rings is 1. The van der Waals surface area contributed by atoms with E-state index < -0.39 is 0 Å². The third-order valence-electron chi connectivity index (χ3n) is 3.98. The first-order chi connectivity index (χ1) is 10.1. The van der Waals surface area contributed by atoms with Crippen LogP contribution in [0.15, 0.2) is 18.2 Å². The zero-order valence-electron chi connectivity index (χ0n) is 13.3. The van der Waals surface area contributed by atoms with E-state index in [0.29, 0.717) is 25.4 Å². The lowest BCUT2D eigenvalue weighted by Gasteiger charge is -2.37. The molecule has 4 nitrogen and oxygen atoms in total. The highest BCUT2D eigenvalue weighted by Gasteiger charge is 2.31. The summed E-state index contributed by atoms with van der Waals surface area (Å²) in [5.41, 5.74) is 7.61. The number of carbonyl (C=O) groups excluding carboxylic acids is 1. The molecule has 2 rings (SSSR count). The third-order valence-corrected chi connectivity index (χ3v) is 3.98. The molecule has 1 atom stereocenters. The van der Waals surface area contributed by atoms with Gasteiger partial charge in [-0.25, -0.2) is 0 Å². The van der Waals surface area contributed by atoms with Gasteiger partial charge in [-0.3, -0.25) is 4.79 Å². The summed E-state index contributed by atoms with van der Waals surface area (Å²) in [6.07, 6.45) is 2.59. The Morgan fingerprint density at radius 3 is 2.86 bits per heavy atom. The molecule has 21 heavy (non-hydrogen) atoms. The van der Waals surface area contributed by atoms with E-state index >= 15 is 0 Å². The lowest BCUT2D eigenvalue weighted by molar-refractivity contribution is -0.119. The molecule has 1 aromatic rings. The van der Waals surface area contributed by atoms with Gasteiger partial charge in [-0.15, -0.1) is 0 Å². The van der Waals surface area contributed by atoms with E-state index in [1.807, 2.05) is 23.1 Å². The van der Waals surface area contributed by atoms with Gasteiger partial charge in [0, 0.05) is 13.0 Å². The summed E-state index contributed by atoms with van der Waals surface area (Å²) in [6.45, 7) is 7.46. The Kier molecular flexibility index (Phi) is 5.23. The van der Waals surface area contributed by atoms with Crippen molar-refractivity contribution >= 4 is 11.6 Å². The molecule has 1 unspecified atom stereocenters. The predicted molar refractivity (Wildman–Crippen MR) is 85.5 cm³/mol. The fourth-order valence-corrected chi connectivity index (χ4v) is 2.53. The molecule has 1 aliphatic rings. The molecular formula is C17H26N2O2. The van der Waals surface area contributed by atoms with E-state index in [2.05, 4.69) is 20.8 Å². The summed E-state index contributed by atoms with van der Waals surface area (Å²) in [7, 11) is 0. The lowest BCUT2D eigenvalue weighted by Crippen LogP contribution is -2.45. The van der Waals surface area contributed by atoms with Crippen LogP contribution in [0.2, 0.25) is 0 Å². The van der Waals surface area contributed by atoms with Crippen molar-refractivity contribution in [3.8, 4) is 5.75 Å². The van der Waals surface area contributed by atoms with Crippen LogP contribution in [0.5, 0.6) is 5.75 Å². The van der Waals surface area contributed by atoms with Crippen molar-refractivity contribution in [2.45, 2.75) is 52.7 Å². The Labute approximate surface area is 127 Å². The van der Waals surface area contributed by atoms with E-state index in [9.17, 15) is 4.79 Å². The maximum Gasteiger partial charge on any atom is 0.227 e. The first kappa shape index (κ1) is 15.8. The molecule has 1 heterocycles. The number of unbranched alkanes of at least 4 members (excludes halogenated alkanes) is 1. The molecule has 0 spiro atoms. The van der Waals surface area contributed by atoms with Crippen molar-refractivity contribution in [2.24, 2.45) is 11.7 Å². The monoisotopic (exact) mass is 290 g/mol. The number of rotatable bonds is 5. The predicted octanol–water partition coefficient (Wildman–Crippen LogP) is 3.09. The molecule has 0 radical (unpaired) electrons. The van der Waals surface area contributed by atoms with E-state index in [4.69, 9.17) is 10.5 Å². The van der Waals surface area contributed by atoms with E-state index in [1.165, 1.54) is 0 Å². The standard InChI is InChI=1S/C17H26N2O2/c1-4-5-6-17(20)19-11-16(12(2)3)21-15-9-13(10-18)7-8-14(15)19/h7-9,12,16H,4-6,10-11,18H2,1-3H3.